The summed E-state index contributed by atoms with van der Waals surface area (Å²) in [5, 5.41) is 6.43. The van der Waals surface area contributed by atoms with E-state index in [1.807, 2.05) is 49.4 Å². The van der Waals surface area contributed by atoms with E-state index in [0.29, 0.717) is 26.7 Å². The summed E-state index contributed by atoms with van der Waals surface area (Å²) in [6, 6.07) is 13.8. The van der Waals surface area contributed by atoms with Gasteiger partial charge in [-0.05, 0) is 36.8 Å². The largest absolute Gasteiger partial charge is 0.488 e. The van der Waals surface area contributed by atoms with Gasteiger partial charge in [0.2, 0.25) is 0 Å². The van der Waals surface area contributed by atoms with E-state index in [-0.39, 0.29) is 0 Å². The van der Waals surface area contributed by atoms with E-state index in [9.17, 15) is 0 Å². The molecule has 0 saturated heterocycles. The van der Waals surface area contributed by atoms with Gasteiger partial charge in [0, 0.05) is 0 Å². The molecule has 116 valence electrons. The fraction of sp³-hybridized carbons (Fsp3) is 0.294. The zero-order chi connectivity index (χ0) is 15.2. The van der Waals surface area contributed by atoms with Crippen LogP contribution in [0.3, 0.4) is 0 Å². The van der Waals surface area contributed by atoms with Crippen molar-refractivity contribution in [2.24, 2.45) is 0 Å². The zero-order valence-corrected chi connectivity index (χ0v) is 12.6. The predicted octanol–water partition coefficient (Wildman–Crippen LogP) is 3.22. The second kappa shape index (κ2) is 7.04. The van der Waals surface area contributed by atoms with Crippen molar-refractivity contribution >= 4 is 11.4 Å². The summed E-state index contributed by atoms with van der Waals surface area (Å²) >= 11 is 0. The van der Waals surface area contributed by atoms with Crippen LogP contribution in [0.2, 0.25) is 0 Å². The van der Waals surface area contributed by atoms with Crippen LogP contribution in [0.4, 0.5) is 11.4 Å². The first-order chi connectivity index (χ1) is 10.8. The summed E-state index contributed by atoms with van der Waals surface area (Å²) in [5.74, 6) is 1.61. The predicted molar refractivity (Wildman–Crippen MR) is 86.7 cm³/mol. The third-order valence-corrected chi connectivity index (χ3v) is 3.35. The van der Waals surface area contributed by atoms with Crippen molar-refractivity contribution < 1.29 is 14.2 Å². The van der Waals surface area contributed by atoms with Gasteiger partial charge in [0.05, 0.1) is 11.4 Å². The standard InChI is InChI=1S/C17H20N2O3/c1-13-6-7-15-17(10-13)22-9-8-21-16-5-3-2-4-14(16)18-11-20-12-19-15/h2-7,10,18-19H,8-9,11-12H2,1H3. The summed E-state index contributed by atoms with van der Waals surface area (Å²) in [6.45, 7) is 3.79. The molecular formula is C17H20N2O3. The van der Waals surface area contributed by atoms with E-state index in [4.69, 9.17) is 14.2 Å². The SMILES string of the molecule is Cc1ccc2c(c1)OCCOc1ccccc1NCOCN2. The number of hydrogen-bond donors (Lipinski definition) is 2. The first kappa shape index (κ1) is 14.5. The lowest BCUT2D eigenvalue weighted by Gasteiger charge is -2.14. The van der Waals surface area contributed by atoms with Crippen LogP contribution in [0.15, 0.2) is 42.5 Å². The first-order valence-corrected chi connectivity index (χ1v) is 7.34. The van der Waals surface area contributed by atoms with E-state index >= 15 is 0 Å². The maximum Gasteiger partial charge on any atom is 0.142 e. The van der Waals surface area contributed by atoms with Gasteiger partial charge in [-0.25, -0.2) is 0 Å². The van der Waals surface area contributed by atoms with Gasteiger partial charge >= 0.3 is 0 Å². The van der Waals surface area contributed by atoms with Crippen LogP contribution in [0.1, 0.15) is 5.56 Å². The number of para-hydroxylation sites is 2. The van der Waals surface area contributed by atoms with Crippen LogP contribution in [0.5, 0.6) is 11.5 Å². The summed E-state index contributed by atoms with van der Waals surface area (Å²) in [7, 11) is 0. The van der Waals surface area contributed by atoms with Crippen molar-refractivity contribution in [3.63, 3.8) is 0 Å². The minimum Gasteiger partial charge on any atom is -0.488 e. The Balaban J connectivity index is 1.75. The van der Waals surface area contributed by atoms with Crippen LogP contribution in [-0.4, -0.2) is 26.7 Å². The average Bonchev–Trinajstić information content (AvgIpc) is 2.55. The Hall–Kier alpha value is -2.40. The number of nitrogens with one attached hydrogen (secondary N) is 2. The molecule has 3 rings (SSSR count). The molecule has 0 fully saturated rings. The third-order valence-electron chi connectivity index (χ3n) is 3.35. The number of fused-ring (bicyclic) bond motifs is 2. The van der Waals surface area contributed by atoms with Gasteiger partial charge in [0.1, 0.15) is 38.2 Å². The first-order valence-electron chi connectivity index (χ1n) is 7.34. The van der Waals surface area contributed by atoms with Gasteiger partial charge in [0.15, 0.2) is 0 Å². The van der Waals surface area contributed by atoms with E-state index in [0.717, 1.165) is 28.4 Å². The molecule has 2 aromatic rings. The molecule has 0 aliphatic carbocycles. The van der Waals surface area contributed by atoms with E-state index < -0.39 is 0 Å². The Morgan fingerprint density at radius 1 is 0.818 bits per heavy atom. The highest BCUT2D eigenvalue weighted by molar-refractivity contribution is 5.58. The highest BCUT2D eigenvalue weighted by atomic mass is 16.5. The molecule has 5 nitrogen and oxygen atoms in total. The van der Waals surface area contributed by atoms with E-state index in [1.165, 1.54) is 0 Å². The highest BCUT2D eigenvalue weighted by Crippen LogP contribution is 2.27. The Kier molecular flexibility index (Phi) is 4.65. The van der Waals surface area contributed by atoms with Crippen molar-refractivity contribution in [3.05, 3.63) is 48.0 Å². The Labute approximate surface area is 130 Å². The van der Waals surface area contributed by atoms with E-state index in [2.05, 4.69) is 10.6 Å². The number of anilines is 2. The fourth-order valence-corrected chi connectivity index (χ4v) is 2.25. The minimum atomic E-state index is 0.398. The summed E-state index contributed by atoms with van der Waals surface area (Å²) in [6.07, 6.45) is 0. The average molecular weight is 300 g/mol. The summed E-state index contributed by atoms with van der Waals surface area (Å²) in [5.41, 5.74) is 2.98. The summed E-state index contributed by atoms with van der Waals surface area (Å²) in [4.78, 5) is 0. The minimum absolute atomic E-state index is 0.398. The molecule has 2 aromatic carbocycles. The molecule has 0 spiro atoms. The molecule has 0 aromatic heterocycles. The number of hydrogen-bond acceptors (Lipinski definition) is 5. The molecule has 1 heterocycles. The van der Waals surface area contributed by atoms with Crippen LogP contribution < -0.4 is 20.1 Å². The molecule has 0 bridgehead atoms. The third kappa shape index (κ3) is 3.62. The van der Waals surface area contributed by atoms with Crippen LogP contribution in [-0.2, 0) is 4.74 Å². The molecule has 0 radical (unpaired) electrons. The van der Waals surface area contributed by atoms with Crippen molar-refractivity contribution in [3.8, 4) is 11.5 Å². The second-order valence-electron chi connectivity index (χ2n) is 5.04. The lowest BCUT2D eigenvalue weighted by Crippen LogP contribution is -2.13. The van der Waals surface area contributed by atoms with Crippen LogP contribution in [0, 0.1) is 6.92 Å². The van der Waals surface area contributed by atoms with Crippen molar-refractivity contribution in [1.29, 1.82) is 0 Å². The monoisotopic (exact) mass is 300 g/mol. The Morgan fingerprint density at radius 3 is 2.32 bits per heavy atom. The zero-order valence-electron chi connectivity index (χ0n) is 12.6. The van der Waals surface area contributed by atoms with Gasteiger partial charge < -0.3 is 24.8 Å². The molecule has 5 heteroatoms. The number of rotatable bonds is 0. The molecule has 1 aliphatic heterocycles. The van der Waals surface area contributed by atoms with Gasteiger partial charge in [-0.2, -0.15) is 0 Å². The highest BCUT2D eigenvalue weighted by Gasteiger charge is 2.07. The second-order valence-corrected chi connectivity index (χ2v) is 5.04. The molecule has 1 aliphatic rings. The van der Waals surface area contributed by atoms with Crippen LogP contribution in [0.25, 0.3) is 0 Å². The van der Waals surface area contributed by atoms with Crippen molar-refractivity contribution in [2.45, 2.75) is 6.92 Å². The molecule has 0 atom stereocenters. The van der Waals surface area contributed by atoms with Gasteiger partial charge in [0.25, 0.3) is 0 Å². The molecule has 0 saturated carbocycles. The molecule has 22 heavy (non-hydrogen) atoms. The number of aryl methyl sites for hydroxylation is 1. The number of benzene rings is 2. The normalized spacial score (nSPS) is 15.1. The molecular weight excluding hydrogens is 280 g/mol. The maximum absolute atomic E-state index is 5.83. The quantitative estimate of drug-likeness (QED) is 0.782. The molecule has 0 amide bonds. The summed E-state index contributed by atoms with van der Waals surface area (Å²) < 4.78 is 17.2. The van der Waals surface area contributed by atoms with E-state index in [1.54, 1.807) is 0 Å². The fourth-order valence-electron chi connectivity index (χ4n) is 2.25. The van der Waals surface area contributed by atoms with Gasteiger partial charge in [-0.1, -0.05) is 18.2 Å². The van der Waals surface area contributed by atoms with Crippen LogP contribution >= 0.6 is 0 Å². The van der Waals surface area contributed by atoms with Gasteiger partial charge in [-0.3, -0.25) is 0 Å². The van der Waals surface area contributed by atoms with Gasteiger partial charge in [-0.15, -0.1) is 0 Å². The molecule has 2 N–H and O–H groups in total. The number of ether oxygens (including phenoxy) is 3. The van der Waals surface area contributed by atoms with Crippen molar-refractivity contribution in [1.82, 2.24) is 0 Å². The Morgan fingerprint density at radius 2 is 1.50 bits per heavy atom. The Bertz CT molecular complexity index is 631. The lowest BCUT2D eigenvalue weighted by atomic mass is 10.2. The van der Waals surface area contributed by atoms with Crippen molar-refractivity contribution in [2.75, 3.05) is 37.3 Å². The molecule has 0 unspecified atom stereocenters. The lowest BCUT2D eigenvalue weighted by molar-refractivity contribution is 0.171. The topological polar surface area (TPSA) is 51.8 Å². The maximum atomic E-state index is 5.83. The smallest absolute Gasteiger partial charge is 0.142 e.